The fourth-order valence-electron chi connectivity index (χ4n) is 2.14. The number of aromatic nitrogens is 2. The number of carboxylic acids is 1. The number of hydrogen-bond acceptors (Lipinski definition) is 3. The van der Waals surface area contributed by atoms with Gasteiger partial charge in [0.2, 0.25) is 0 Å². The highest BCUT2D eigenvalue weighted by atomic mass is 79.9. The quantitative estimate of drug-likeness (QED) is 0.840. The Kier molecular flexibility index (Phi) is 4.01. The summed E-state index contributed by atoms with van der Waals surface area (Å²) in [5.41, 5.74) is 1.10. The number of hydrogen-bond donors (Lipinski definition) is 2. The van der Waals surface area contributed by atoms with Crippen molar-refractivity contribution in [2.45, 2.75) is 58.2 Å². The molecule has 0 radical (unpaired) electrons. The van der Waals surface area contributed by atoms with Gasteiger partial charge in [-0.25, -0.2) is 0 Å². The molecule has 1 fully saturated rings. The molecular weight excluding hydrogens is 310 g/mol. The summed E-state index contributed by atoms with van der Waals surface area (Å²) in [5.74, 6) is -0.792. The van der Waals surface area contributed by atoms with Gasteiger partial charge >= 0.3 is 5.97 Å². The SMILES string of the molecule is Cc1nn(CCC(C)(NC2CC2)C(=O)O)c(C)c1Br. The molecule has 0 spiro atoms. The van der Waals surface area contributed by atoms with Gasteiger partial charge in [0.1, 0.15) is 5.54 Å². The average Bonchev–Trinajstić information content (AvgIpc) is 3.11. The lowest BCUT2D eigenvalue weighted by atomic mass is 9.98. The molecule has 6 heteroatoms. The Labute approximate surface area is 121 Å². The van der Waals surface area contributed by atoms with Gasteiger partial charge in [-0.3, -0.25) is 14.8 Å². The topological polar surface area (TPSA) is 67.2 Å². The normalized spacial score (nSPS) is 18.3. The van der Waals surface area contributed by atoms with Crippen LogP contribution < -0.4 is 5.32 Å². The summed E-state index contributed by atoms with van der Waals surface area (Å²) in [4.78, 5) is 11.5. The maximum atomic E-state index is 11.5. The lowest BCUT2D eigenvalue weighted by molar-refractivity contribution is -0.144. The minimum atomic E-state index is -0.875. The van der Waals surface area contributed by atoms with Gasteiger partial charge < -0.3 is 5.11 Å². The fourth-order valence-corrected chi connectivity index (χ4v) is 2.43. The first kappa shape index (κ1) is 14.5. The number of halogens is 1. The van der Waals surface area contributed by atoms with Crippen molar-refractivity contribution >= 4 is 21.9 Å². The number of carbonyl (C=O) groups is 1. The molecule has 1 aliphatic rings. The Bertz CT molecular complexity index is 496. The second-order valence-electron chi connectivity index (χ2n) is 5.51. The molecule has 0 bridgehead atoms. The smallest absolute Gasteiger partial charge is 0.323 e. The summed E-state index contributed by atoms with van der Waals surface area (Å²) in [5, 5.41) is 17.1. The van der Waals surface area contributed by atoms with Crippen LogP contribution in [0, 0.1) is 13.8 Å². The van der Waals surface area contributed by atoms with E-state index in [0.717, 1.165) is 28.7 Å². The molecule has 1 aromatic rings. The van der Waals surface area contributed by atoms with E-state index in [1.807, 2.05) is 18.5 Å². The molecule has 2 rings (SSSR count). The Hall–Kier alpha value is -0.880. The molecule has 2 N–H and O–H groups in total. The van der Waals surface area contributed by atoms with Gasteiger partial charge in [0.05, 0.1) is 10.2 Å². The third kappa shape index (κ3) is 3.17. The van der Waals surface area contributed by atoms with E-state index in [4.69, 9.17) is 0 Å². The first-order valence-electron chi connectivity index (χ1n) is 6.54. The molecule has 1 atom stereocenters. The van der Waals surface area contributed by atoms with E-state index < -0.39 is 11.5 Å². The summed E-state index contributed by atoms with van der Waals surface area (Å²) >= 11 is 3.48. The predicted octanol–water partition coefficient (Wildman–Crippen LogP) is 2.25. The lowest BCUT2D eigenvalue weighted by Crippen LogP contribution is -2.51. The molecule has 1 aliphatic carbocycles. The van der Waals surface area contributed by atoms with Gasteiger partial charge in [-0.05, 0) is 56.0 Å². The number of carboxylic acid groups (broad SMARTS) is 1. The van der Waals surface area contributed by atoms with Crippen LogP contribution in [0.25, 0.3) is 0 Å². The minimum Gasteiger partial charge on any atom is -0.480 e. The summed E-state index contributed by atoms with van der Waals surface area (Å²) in [6.45, 7) is 6.28. The minimum absolute atomic E-state index is 0.369. The highest BCUT2D eigenvalue weighted by Gasteiger charge is 2.38. The van der Waals surface area contributed by atoms with E-state index in [-0.39, 0.29) is 0 Å². The van der Waals surface area contributed by atoms with Crippen molar-refractivity contribution in [2.24, 2.45) is 0 Å². The first-order valence-corrected chi connectivity index (χ1v) is 7.33. The second kappa shape index (κ2) is 5.25. The molecule has 5 nitrogen and oxygen atoms in total. The molecule has 1 aromatic heterocycles. The van der Waals surface area contributed by atoms with Crippen molar-refractivity contribution in [3.8, 4) is 0 Å². The molecule has 0 aliphatic heterocycles. The van der Waals surface area contributed by atoms with E-state index in [1.165, 1.54) is 0 Å². The third-order valence-electron chi connectivity index (χ3n) is 3.69. The van der Waals surface area contributed by atoms with Crippen molar-refractivity contribution in [3.05, 3.63) is 15.9 Å². The van der Waals surface area contributed by atoms with Crippen molar-refractivity contribution in [2.75, 3.05) is 0 Å². The maximum Gasteiger partial charge on any atom is 0.323 e. The molecule has 1 heterocycles. The summed E-state index contributed by atoms with van der Waals surface area (Å²) in [6.07, 6.45) is 2.68. The van der Waals surface area contributed by atoms with Crippen molar-refractivity contribution in [1.29, 1.82) is 0 Å². The number of aryl methyl sites for hydroxylation is 2. The number of aliphatic carboxylic acids is 1. The molecule has 1 saturated carbocycles. The molecule has 0 saturated heterocycles. The van der Waals surface area contributed by atoms with E-state index in [1.54, 1.807) is 6.92 Å². The van der Waals surface area contributed by atoms with Gasteiger partial charge in [0.15, 0.2) is 0 Å². The van der Waals surface area contributed by atoms with Crippen LogP contribution in [-0.4, -0.2) is 32.4 Å². The molecular formula is C13H20BrN3O2. The predicted molar refractivity (Wildman–Crippen MR) is 76.2 cm³/mol. The van der Waals surface area contributed by atoms with Crippen molar-refractivity contribution < 1.29 is 9.90 Å². The molecule has 19 heavy (non-hydrogen) atoms. The second-order valence-corrected chi connectivity index (χ2v) is 6.31. The first-order chi connectivity index (χ1) is 8.83. The van der Waals surface area contributed by atoms with Crippen molar-refractivity contribution in [3.63, 3.8) is 0 Å². The van der Waals surface area contributed by atoms with E-state index in [0.29, 0.717) is 19.0 Å². The van der Waals surface area contributed by atoms with Crippen LogP contribution >= 0.6 is 15.9 Å². The van der Waals surface area contributed by atoms with Gasteiger partial charge in [0.25, 0.3) is 0 Å². The Morgan fingerprint density at radius 2 is 2.21 bits per heavy atom. The zero-order valence-electron chi connectivity index (χ0n) is 11.5. The van der Waals surface area contributed by atoms with Crippen LogP contribution in [0.2, 0.25) is 0 Å². The highest BCUT2D eigenvalue weighted by molar-refractivity contribution is 9.10. The molecule has 106 valence electrons. The van der Waals surface area contributed by atoms with Crippen LogP contribution in [0.1, 0.15) is 37.6 Å². The maximum absolute atomic E-state index is 11.5. The van der Waals surface area contributed by atoms with Crippen LogP contribution in [0.4, 0.5) is 0 Å². The third-order valence-corrected chi connectivity index (χ3v) is 4.84. The Morgan fingerprint density at radius 1 is 1.58 bits per heavy atom. The van der Waals surface area contributed by atoms with E-state index >= 15 is 0 Å². The van der Waals surface area contributed by atoms with E-state index in [2.05, 4.69) is 26.3 Å². The highest BCUT2D eigenvalue weighted by Crippen LogP contribution is 2.25. The number of rotatable bonds is 6. The van der Waals surface area contributed by atoms with Crippen LogP contribution in [-0.2, 0) is 11.3 Å². The average molecular weight is 330 g/mol. The Morgan fingerprint density at radius 3 is 2.63 bits per heavy atom. The molecule has 0 aromatic carbocycles. The van der Waals surface area contributed by atoms with Gasteiger partial charge in [-0.2, -0.15) is 5.10 Å². The van der Waals surface area contributed by atoms with Crippen LogP contribution in [0.5, 0.6) is 0 Å². The van der Waals surface area contributed by atoms with Gasteiger partial charge in [0, 0.05) is 18.3 Å². The molecule has 1 unspecified atom stereocenters. The number of nitrogens with one attached hydrogen (secondary N) is 1. The summed E-state index contributed by atoms with van der Waals surface area (Å²) in [6, 6.07) is 0.369. The van der Waals surface area contributed by atoms with Crippen molar-refractivity contribution in [1.82, 2.24) is 15.1 Å². The largest absolute Gasteiger partial charge is 0.480 e. The standard InChI is InChI=1S/C13H20BrN3O2/c1-8-11(14)9(2)17(16-8)7-6-13(3,12(18)19)15-10-4-5-10/h10,15H,4-7H2,1-3H3,(H,18,19). The monoisotopic (exact) mass is 329 g/mol. The zero-order valence-corrected chi connectivity index (χ0v) is 13.1. The fraction of sp³-hybridized carbons (Fsp3) is 0.692. The Balaban J connectivity index is 2.05. The summed E-state index contributed by atoms with van der Waals surface area (Å²) < 4.78 is 2.87. The van der Waals surface area contributed by atoms with E-state index in [9.17, 15) is 9.90 Å². The summed E-state index contributed by atoms with van der Waals surface area (Å²) in [7, 11) is 0. The molecule has 0 amide bonds. The lowest BCUT2D eigenvalue weighted by Gasteiger charge is -2.26. The van der Waals surface area contributed by atoms with Crippen LogP contribution in [0.3, 0.4) is 0 Å². The van der Waals surface area contributed by atoms with Crippen LogP contribution in [0.15, 0.2) is 4.47 Å². The number of nitrogens with zero attached hydrogens (tertiary/aromatic N) is 2. The van der Waals surface area contributed by atoms with Gasteiger partial charge in [-0.1, -0.05) is 0 Å². The van der Waals surface area contributed by atoms with Gasteiger partial charge in [-0.15, -0.1) is 0 Å². The zero-order chi connectivity index (χ0) is 14.2.